The molecule has 0 aliphatic rings. The standard InChI is InChI=1S/C16H16FNO2/c1-11(2)20-13-9-7-12(8-10-13)16(19)18-15-6-4-3-5-14(15)17/h3-11H,1-2H3,(H,18,19). The van der Waals surface area contributed by atoms with Crippen LogP contribution < -0.4 is 10.1 Å². The molecule has 1 N–H and O–H groups in total. The summed E-state index contributed by atoms with van der Waals surface area (Å²) in [6.45, 7) is 3.86. The van der Waals surface area contributed by atoms with Crippen molar-refractivity contribution < 1.29 is 13.9 Å². The third-order valence-electron chi connectivity index (χ3n) is 2.61. The summed E-state index contributed by atoms with van der Waals surface area (Å²) in [6, 6.07) is 12.8. The maximum atomic E-state index is 13.4. The number of ether oxygens (including phenoxy) is 1. The molecule has 0 aromatic heterocycles. The normalized spacial score (nSPS) is 10.4. The Morgan fingerprint density at radius 3 is 2.35 bits per heavy atom. The fourth-order valence-corrected chi connectivity index (χ4v) is 1.71. The van der Waals surface area contributed by atoms with Crippen LogP contribution in [0.15, 0.2) is 48.5 Å². The predicted octanol–water partition coefficient (Wildman–Crippen LogP) is 3.87. The minimum absolute atomic E-state index is 0.0769. The van der Waals surface area contributed by atoms with Crippen molar-refractivity contribution in [1.82, 2.24) is 0 Å². The molecule has 104 valence electrons. The molecule has 20 heavy (non-hydrogen) atoms. The summed E-state index contributed by atoms with van der Waals surface area (Å²) in [6.07, 6.45) is 0.0769. The van der Waals surface area contributed by atoms with Crippen LogP contribution in [0.2, 0.25) is 0 Å². The number of anilines is 1. The lowest BCUT2D eigenvalue weighted by Gasteiger charge is -2.10. The van der Waals surface area contributed by atoms with Crippen LogP contribution in [0.1, 0.15) is 24.2 Å². The molecule has 0 aliphatic carbocycles. The van der Waals surface area contributed by atoms with E-state index in [1.807, 2.05) is 13.8 Å². The minimum atomic E-state index is -0.458. The molecule has 0 aliphatic heterocycles. The summed E-state index contributed by atoms with van der Waals surface area (Å²) in [5.74, 6) is -0.116. The number of hydrogen-bond donors (Lipinski definition) is 1. The smallest absolute Gasteiger partial charge is 0.255 e. The van der Waals surface area contributed by atoms with Gasteiger partial charge in [0.1, 0.15) is 11.6 Å². The molecule has 0 saturated heterocycles. The van der Waals surface area contributed by atoms with E-state index in [1.165, 1.54) is 12.1 Å². The van der Waals surface area contributed by atoms with Gasteiger partial charge in [-0.25, -0.2) is 4.39 Å². The molecule has 0 unspecified atom stereocenters. The number of para-hydroxylation sites is 1. The largest absolute Gasteiger partial charge is 0.491 e. The first-order valence-electron chi connectivity index (χ1n) is 6.39. The molecule has 0 saturated carbocycles. The van der Waals surface area contributed by atoms with Crippen LogP contribution in [0.25, 0.3) is 0 Å². The van der Waals surface area contributed by atoms with Crippen molar-refractivity contribution in [1.29, 1.82) is 0 Å². The van der Waals surface area contributed by atoms with Crippen LogP contribution >= 0.6 is 0 Å². The van der Waals surface area contributed by atoms with Crippen LogP contribution in [-0.2, 0) is 0 Å². The van der Waals surface area contributed by atoms with Gasteiger partial charge < -0.3 is 10.1 Å². The maximum Gasteiger partial charge on any atom is 0.255 e. The lowest BCUT2D eigenvalue weighted by atomic mass is 10.2. The maximum absolute atomic E-state index is 13.4. The summed E-state index contributed by atoms with van der Waals surface area (Å²) in [5.41, 5.74) is 0.615. The van der Waals surface area contributed by atoms with Crippen molar-refractivity contribution >= 4 is 11.6 Å². The summed E-state index contributed by atoms with van der Waals surface area (Å²) in [7, 11) is 0. The molecule has 0 heterocycles. The van der Waals surface area contributed by atoms with E-state index < -0.39 is 5.82 Å². The number of benzene rings is 2. The molecule has 2 rings (SSSR count). The zero-order valence-corrected chi connectivity index (χ0v) is 11.4. The Labute approximate surface area is 117 Å². The number of hydrogen-bond acceptors (Lipinski definition) is 2. The quantitative estimate of drug-likeness (QED) is 0.918. The van der Waals surface area contributed by atoms with E-state index in [9.17, 15) is 9.18 Å². The zero-order chi connectivity index (χ0) is 14.5. The average Bonchev–Trinajstić information content (AvgIpc) is 2.41. The first-order valence-corrected chi connectivity index (χ1v) is 6.39. The first kappa shape index (κ1) is 14.1. The fourth-order valence-electron chi connectivity index (χ4n) is 1.71. The van der Waals surface area contributed by atoms with Gasteiger partial charge in [0.2, 0.25) is 0 Å². The van der Waals surface area contributed by atoms with Crippen molar-refractivity contribution in [3.05, 3.63) is 59.9 Å². The molecule has 2 aromatic carbocycles. The van der Waals surface area contributed by atoms with Gasteiger partial charge >= 0.3 is 0 Å². The van der Waals surface area contributed by atoms with Gasteiger partial charge in [-0.1, -0.05) is 12.1 Å². The highest BCUT2D eigenvalue weighted by atomic mass is 19.1. The highest BCUT2D eigenvalue weighted by Gasteiger charge is 2.09. The highest BCUT2D eigenvalue weighted by Crippen LogP contribution is 2.17. The number of amides is 1. The molecule has 0 atom stereocenters. The average molecular weight is 273 g/mol. The number of carbonyl (C=O) groups is 1. The monoisotopic (exact) mass is 273 g/mol. The Kier molecular flexibility index (Phi) is 4.35. The Balaban J connectivity index is 2.08. The van der Waals surface area contributed by atoms with Gasteiger partial charge in [-0.05, 0) is 50.2 Å². The van der Waals surface area contributed by atoms with Gasteiger partial charge in [0.05, 0.1) is 11.8 Å². The highest BCUT2D eigenvalue weighted by molar-refractivity contribution is 6.04. The van der Waals surface area contributed by atoms with Gasteiger partial charge in [0.15, 0.2) is 0 Å². The lowest BCUT2D eigenvalue weighted by molar-refractivity contribution is 0.102. The van der Waals surface area contributed by atoms with E-state index >= 15 is 0 Å². The second kappa shape index (κ2) is 6.19. The van der Waals surface area contributed by atoms with E-state index in [2.05, 4.69) is 5.32 Å². The van der Waals surface area contributed by atoms with Gasteiger partial charge in [0.25, 0.3) is 5.91 Å². The second-order valence-corrected chi connectivity index (χ2v) is 4.62. The van der Waals surface area contributed by atoms with E-state index in [-0.39, 0.29) is 17.7 Å². The lowest BCUT2D eigenvalue weighted by Crippen LogP contribution is -2.13. The van der Waals surface area contributed by atoms with Gasteiger partial charge in [-0.2, -0.15) is 0 Å². The second-order valence-electron chi connectivity index (χ2n) is 4.62. The number of carbonyl (C=O) groups excluding carboxylic acids is 1. The molecular weight excluding hydrogens is 257 g/mol. The van der Waals surface area contributed by atoms with Crippen molar-refractivity contribution in [2.75, 3.05) is 5.32 Å². The van der Waals surface area contributed by atoms with E-state index in [0.717, 1.165) is 0 Å². The van der Waals surface area contributed by atoms with E-state index in [1.54, 1.807) is 36.4 Å². The van der Waals surface area contributed by atoms with Crippen LogP contribution in [0, 0.1) is 5.82 Å². The fraction of sp³-hybridized carbons (Fsp3) is 0.188. The Morgan fingerprint density at radius 2 is 1.75 bits per heavy atom. The van der Waals surface area contributed by atoms with Crippen LogP contribution in [0.5, 0.6) is 5.75 Å². The molecule has 4 heteroatoms. The van der Waals surface area contributed by atoms with Crippen LogP contribution in [-0.4, -0.2) is 12.0 Å². The summed E-state index contributed by atoms with van der Waals surface area (Å²) >= 11 is 0. The third-order valence-corrected chi connectivity index (χ3v) is 2.61. The summed E-state index contributed by atoms with van der Waals surface area (Å²) in [4.78, 5) is 12.0. The minimum Gasteiger partial charge on any atom is -0.491 e. The Hall–Kier alpha value is -2.36. The molecular formula is C16H16FNO2. The summed E-state index contributed by atoms with van der Waals surface area (Å²) < 4.78 is 18.9. The van der Waals surface area contributed by atoms with E-state index in [4.69, 9.17) is 4.74 Å². The predicted molar refractivity (Wildman–Crippen MR) is 76.6 cm³/mol. The molecule has 0 spiro atoms. The topological polar surface area (TPSA) is 38.3 Å². The molecule has 0 bridgehead atoms. The first-order chi connectivity index (χ1) is 9.56. The van der Waals surface area contributed by atoms with Gasteiger partial charge in [-0.3, -0.25) is 4.79 Å². The molecule has 3 nitrogen and oxygen atoms in total. The van der Waals surface area contributed by atoms with Crippen molar-refractivity contribution in [3.63, 3.8) is 0 Å². The molecule has 1 amide bonds. The number of nitrogens with one attached hydrogen (secondary N) is 1. The van der Waals surface area contributed by atoms with Crippen LogP contribution in [0.3, 0.4) is 0 Å². The SMILES string of the molecule is CC(C)Oc1ccc(C(=O)Nc2ccccc2F)cc1. The molecule has 0 radical (unpaired) electrons. The Morgan fingerprint density at radius 1 is 1.10 bits per heavy atom. The van der Waals surface area contributed by atoms with Gasteiger partial charge in [0, 0.05) is 5.56 Å². The van der Waals surface area contributed by atoms with E-state index in [0.29, 0.717) is 11.3 Å². The van der Waals surface area contributed by atoms with Crippen LogP contribution in [0.4, 0.5) is 10.1 Å². The number of halogens is 1. The Bertz CT molecular complexity index is 594. The zero-order valence-electron chi connectivity index (χ0n) is 11.4. The van der Waals surface area contributed by atoms with Crippen molar-refractivity contribution in [2.45, 2.75) is 20.0 Å². The van der Waals surface area contributed by atoms with Gasteiger partial charge in [-0.15, -0.1) is 0 Å². The molecule has 0 fully saturated rings. The summed E-state index contributed by atoms with van der Waals surface area (Å²) in [5, 5.41) is 2.53. The third kappa shape index (κ3) is 3.57. The molecule has 2 aromatic rings. The van der Waals surface area contributed by atoms with Crippen molar-refractivity contribution in [3.8, 4) is 5.75 Å². The number of rotatable bonds is 4. The van der Waals surface area contributed by atoms with Crippen molar-refractivity contribution in [2.24, 2.45) is 0 Å².